The molecule has 0 amide bonds. The molecule has 0 aliphatic heterocycles. The Morgan fingerprint density at radius 2 is 1.50 bits per heavy atom. The second-order valence-corrected chi connectivity index (χ2v) is 8.41. The molecule has 1 aromatic carbocycles. The van der Waals surface area contributed by atoms with Crippen molar-refractivity contribution in [1.29, 1.82) is 0 Å². The van der Waals surface area contributed by atoms with Gasteiger partial charge in [-0.15, -0.1) is 11.3 Å². The number of nitrogens with zero attached hydrogens (tertiary/aromatic N) is 4. The van der Waals surface area contributed by atoms with E-state index in [1.54, 1.807) is 0 Å². The van der Waals surface area contributed by atoms with Gasteiger partial charge < -0.3 is 9.05 Å². The van der Waals surface area contributed by atoms with Gasteiger partial charge in [0.1, 0.15) is 11.5 Å². The van der Waals surface area contributed by atoms with E-state index in [1.165, 1.54) is 11.3 Å². The fraction of sp³-hybridized carbons (Fsp3) is 0.125. The maximum atomic E-state index is 12.4. The molecule has 0 aliphatic carbocycles. The van der Waals surface area contributed by atoms with Crippen molar-refractivity contribution in [3.63, 3.8) is 0 Å². The zero-order valence-corrected chi connectivity index (χ0v) is 14.9. The number of sulfone groups is 1. The highest BCUT2D eigenvalue weighted by atomic mass is 32.2. The van der Waals surface area contributed by atoms with Crippen molar-refractivity contribution in [3.8, 4) is 22.1 Å². The highest BCUT2D eigenvalue weighted by Crippen LogP contribution is 2.22. The number of aromatic nitrogens is 4. The summed E-state index contributed by atoms with van der Waals surface area (Å²) in [6.07, 6.45) is 0. The van der Waals surface area contributed by atoms with Crippen LogP contribution in [0.15, 0.2) is 56.9 Å². The van der Waals surface area contributed by atoms with Gasteiger partial charge in [-0.3, -0.25) is 0 Å². The Hall–Kier alpha value is -2.85. The van der Waals surface area contributed by atoms with Crippen LogP contribution in [-0.4, -0.2) is 28.7 Å². The summed E-state index contributed by atoms with van der Waals surface area (Å²) in [5, 5.41) is 9.49. The molecule has 0 bridgehead atoms. The maximum absolute atomic E-state index is 12.4. The molecule has 0 unspecified atom stereocenters. The molecule has 0 aliphatic rings. The molecular weight excluding hydrogens is 376 g/mol. The van der Waals surface area contributed by atoms with Crippen LogP contribution in [0.3, 0.4) is 0 Å². The molecule has 0 atom stereocenters. The molecule has 26 heavy (non-hydrogen) atoms. The summed E-state index contributed by atoms with van der Waals surface area (Å²) in [5.74, 6) is -0.0428. The molecule has 4 rings (SSSR count). The van der Waals surface area contributed by atoms with Crippen LogP contribution in [0.4, 0.5) is 0 Å². The third kappa shape index (κ3) is 3.70. The second-order valence-electron chi connectivity index (χ2n) is 5.40. The normalized spacial score (nSPS) is 11.7. The lowest BCUT2D eigenvalue weighted by Gasteiger charge is -1.96. The Balaban J connectivity index is 1.47. The molecule has 3 heterocycles. The minimum Gasteiger partial charge on any atom is -0.338 e. The Bertz CT molecular complexity index is 1100. The molecule has 0 spiro atoms. The summed E-state index contributed by atoms with van der Waals surface area (Å²) < 4.78 is 34.8. The van der Waals surface area contributed by atoms with Crippen LogP contribution in [0, 0.1) is 0 Å². The average Bonchev–Trinajstić information content (AvgIpc) is 3.36. The number of hydrogen-bond donors (Lipinski definition) is 0. The predicted octanol–water partition coefficient (Wildman–Crippen LogP) is 2.96. The van der Waals surface area contributed by atoms with Gasteiger partial charge in [0.2, 0.25) is 23.4 Å². The number of thiophene rings is 1. The predicted molar refractivity (Wildman–Crippen MR) is 93.7 cm³/mol. The van der Waals surface area contributed by atoms with E-state index >= 15 is 0 Å². The van der Waals surface area contributed by atoms with Gasteiger partial charge in [0, 0.05) is 5.56 Å². The van der Waals surface area contributed by atoms with Crippen LogP contribution in [-0.2, 0) is 21.3 Å². The Labute approximate surface area is 152 Å². The zero-order chi connectivity index (χ0) is 18.0. The molecule has 0 fully saturated rings. The van der Waals surface area contributed by atoms with Crippen molar-refractivity contribution in [2.75, 3.05) is 0 Å². The van der Waals surface area contributed by atoms with Gasteiger partial charge in [-0.1, -0.05) is 46.7 Å². The minimum absolute atomic E-state index is 0.0156. The van der Waals surface area contributed by atoms with Crippen LogP contribution in [0.1, 0.15) is 11.8 Å². The van der Waals surface area contributed by atoms with Gasteiger partial charge >= 0.3 is 0 Å². The SMILES string of the molecule is O=S(=O)(Cc1nc(-c2ccccc2)no1)Cc1nc(-c2cccs2)no1. The largest absolute Gasteiger partial charge is 0.338 e. The fourth-order valence-electron chi connectivity index (χ4n) is 2.26. The Kier molecular flexibility index (Phi) is 4.35. The van der Waals surface area contributed by atoms with Gasteiger partial charge in [-0.25, -0.2) is 8.42 Å². The van der Waals surface area contributed by atoms with Crippen LogP contribution in [0.5, 0.6) is 0 Å². The van der Waals surface area contributed by atoms with E-state index in [0.717, 1.165) is 10.4 Å². The molecule has 132 valence electrons. The molecule has 0 radical (unpaired) electrons. The minimum atomic E-state index is -3.60. The number of benzene rings is 1. The molecule has 3 aromatic heterocycles. The van der Waals surface area contributed by atoms with Crippen LogP contribution in [0.25, 0.3) is 22.1 Å². The van der Waals surface area contributed by atoms with E-state index in [-0.39, 0.29) is 11.8 Å². The summed E-state index contributed by atoms with van der Waals surface area (Å²) >= 11 is 1.44. The van der Waals surface area contributed by atoms with E-state index in [2.05, 4.69) is 20.3 Å². The van der Waals surface area contributed by atoms with Crippen molar-refractivity contribution in [2.24, 2.45) is 0 Å². The van der Waals surface area contributed by atoms with E-state index < -0.39 is 21.3 Å². The molecular formula is C16H12N4O4S2. The third-order valence-corrected chi connectivity index (χ3v) is 5.64. The number of rotatable bonds is 6. The molecule has 4 aromatic rings. The van der Waals surface area contributed by atoms with Crippen LogP contribution in [0.2, 0.25) is 0 Å². The van der Waals surface area contributed by atoms with Crippen molar-refractivity contribution in [1.82, 2.24) is 20.3 Å². The molecule has 0 saturated heterocycles. The van der Waals surface area contributed by atoms with E-state index in [9.17, 15) is 8.42 Å². The highest BCUT2D eigenvalue weighted by Gasteiger charge is 2.22. The van der Waals surface area contributed by atoms with Gasteiger partial charge in [-0.2, -0.15) is 9.97 Å². The van der Waals surface area contributed by atoms with E-state index in [1.807, 2.05) is 47.8 Å². The van der Waals surface area contributed by atoms with Gasteiger partial charge in [-0.05, 0) is 11.4 Å². The molecule has 0 saturated carbocycles. The molecule has 10 heteroatoms. The summed E-state index contributed by atoms with van der Waals surface area (Å²) in [6, 6.07) is 12.8. The maximum Gasteiger partial charge on any atom is 0.242 e. The summed E-state index contributed by atoms with van der Waals surface area (Å²) in [6.45, 7) is 0. The van der Waals surface area contributed by atoms with Gasteiger partial charge in [0.25, 0.3) is 0 Å². The topological polar surface area (TPSA) is 112 Å². The Morgan fingerprint density at radius 3 is 2.15 bits per heavy atom. The van der Waals surface area contributed by atoms with Crippen molar-refractivity contribution < 1.29 is 17.5 Å². The summed E-state index contributed by atoms with van der Waals surface area (Å²) in [7, 11) is -3.60. The summed E-state index contributed by atoms with van der Waals surface area (Å²) in [4.78, 5) is 9.06. The average molecular weight is 388 g/mol. The lowest BCUT2D eigenvalue weighted by molar-refractivity contribution is 0.384. The van der Waals surface area contributed by atoms with Gasteiger partial charge in [0.15, 0.2) is 9.84 Å². The first kappa shape index (κ1) is 16.6. The molecule has 8 nitrogen and oxygen atoms in total. The second kappa shape index (κ2) is 6.81. The van der Waals surface area contributed by atoms with Crippen LogP contribution >= 0.6 is 11.3 Å². The van der Waals surface area contributed by atoms with Crippen LogP contribution < -0.4 is 0 Å². The smallest absolute Gasteiger partial charge is 0.242 e. The highest BCUT2D eigenvalue weighted by molar-refractivity contribution is 7.89. The number of hydrogen-bond acceptors (Lipinski definition) is 9. The fourth-order valence-corrected chi connectivity index (χ4v) is 4.00. The Morgan fingerprint density at radius 1 is 0.846 bits per heavy atom. The zero-order valence-electron chi connectivity index (χ0n) is 13.3. The first-order valence-electron chi connectivity index (χ1n) is 7.54. The standard InChI is InChI=1S/C16H12N4O4S2/c21-26(22,10-14-18-16(20-24-14)12-7-4-8-25-12)9-13-17-15(19-23-13)11-5-2-1-3-6-11/h1-8H,9-10H2. The van der Waals surface area contributed by atoms with Crippen molar-refractivity contribution >= 4 is 21.2 Å². The van der Waals surface area contributed by atoms with Gasteiger partial charge in [0.05, 0.1) is 4.88 Å². The van der Waals surface area contributed by atoms with Crippen molar-refractivity contribution in [2.45, 2.75) is 11.5 Å². The summed E-state index contributed by atoms with van der Waals surface area (Å²) in [5.41, 5.74) is 0.748. The molecule has 0 N–H and O–H groups in total. The first-order valence-corrected chi connectivity index (χ1v) is 10.2. The lowest BCUT2D eigenvalue weighted by Crippen LogP contribution is -2.08. The van der Waals surface area contributed by atoms with E-state index in [4.69, 9.17) is 9.05 Å². The quantitative estimate of drug-likeness (QED) is 0.495. The lowest BCUT2D eigenvalue weighted by atomic mass is 10.2. The monoisotopic (exact) mass is 388 g/mol. The van der Waals surface area contributed by atoms with E-state index in [0.29, 0.717) is 11.6 Å². The third-order valence-electron chi connectivity index (χ3n) is 3.40. The van der Waals surface area contributed by atoms with Crippen molar-refractivity contribution in [3.05, 3.63) is 59.6 Å². The first-order chi connectivity index (χ1) is 12.6.